The number of hydrogen-bond donors (Lipinski definition) is 1. The largest absolute Gasteiger partial charge is 0.460 e. The highest BCUT2D eigenvalue weighted by molar-refractivity contribution is 7.92. The van der Waals surface area contributed by atoms with Crippen LogP contribution in [0.4, 0.5) is 5.69 Å². The zero-order valence-corrected chi connectivity index (χ0v) is 22.0. The van der Waals surface area contributed by atoms with Crippen LogP contribution < -0.4 is 4.72 Å². The molecule has 192 valence electrons. The molecule has 34 heavy (non-hydrogen) atoms. The Kier molecular flexibility index (Phi) is 13.1. The van der Waals surface area contributed by atoms with Gasteiger partial charge in [0.15, 0.2) is 0 Å². The minimum absolute atomic E-state index is 0.0206. The lowest BCUT2D eigenvalue weighted by molar-refractivity contribution is -0.154. The highest BCUT2D eigenvalue weighted by Gasteiger charge is 2.21. The summed E-state index contributed by atoms with van der Waals surface area (Å²) in [5, 5.41) is 0. The molecule has 0 amide bonds. The number of carbonyl (C=O) groups excluding carboxylic acids is 3. The van der Waals surface area contributed by atoms with E-state index in [1.807, 2.05) is 20.8 Å². The van der Waals surface area contributed by atoms with Crippen molar-refractivity contribution in [1.29, 1.82) is 0 Å². The van der Waals surface area contributed by atoms with Crippen LogP contribution in [0.5, 0.6) is 0 Å². The van der Waals surface area contributed by atoms with Gasteiger partial charge in [0.05, 0.1) is 11.4 Å². The summed E-state index contributed by atoms with van der Waals surface area (Å²) in [7, 11) is -3.61. The van der Waals surface area contributed by atoms with Crippen LogP contribution in [0.1, 0.15) is 109 Å². The summed E-state index contributed by atoms with van der Waals surface area (Å²) < 4.78 is 32.7. The SMILES string of the molecule is CCCCCCCCS(=O)(=O)Nc1ccccc1C(=O)C(=O)CCCCCC(=O)OC(C)(C)C. The molecular formula is C26H41NO6S. The summed E-state index contributed by atoms with van der Waals surface area (Å²) in [6.45, 7) is 7.55. The minimum Gasteiger partial charge on any atom is -0.460 e. The van der Waals surface area contributed by atoms with Crippen molar-refractivity contribution in [3.8, 4) is 0 Å². The second-order valence-corrected chi connectivity index (χ2v) is 11.5. The van der Waals surface area contributed by atoms with Crippen molar-refractivity contribution in [2.75, 3.05) is 10.5 Å². The van der Waals surface area contributed by atoms with Gasteiger partial charge in [0, 0.05) is 18.4 Å². The summed E-state index contributed by atoms with van der Waals surface area (Å²) in [5.74, 6) is -1.57. The molecule has 0 spiro atoms. The first-order valence-electron chi connectivity index (χ1n) is 12.3. The molecule has 0 fully saturated rings. The van der Waals surface area contributed by atoms with E-state index in [9.17, 15) is 22.8 Å². The fourth-order valence-electron chi connectivity index (χ4n) is 3.45. The maximum atomic E-state index is 12.7. The van der Waals surface area contributed by atoms with Gasteiger partial charge >= 0.3 is 5.97 Å². The predicted molar refractivity (Wildman–Crippen MR) is 135 cm³/mol. The molecule has 0 radical (unpaired) electrons. The van der Waals surface area contributed by atoms with E-state index in [4.69, 9.17) is 4.74 Å². The molecule has 0 saturated carbocycles. The number of carbonyl (C=O) groups is 3. The molecule has 0 aromatic heterocycles. The van der Waals surface area contributed by atoms with Crippen LogP contribution in [-0.4, -0.2) is 37.3 Å². The molecule has 1 aromatic carbocycles. The average molecular weight is 496 g/mol. The van der Waals surface area contributed by atoms with Crippen molar-refractivity contribution >= 4 is 33.2 Å². The Labute approximate surface area is 205 Å². The molecule has 7 nitrogen and oxygen atoms in total. The van der Waals surface area contributed by atoms with Gasteiger partial charge in [-0.2, -0.15) is 0 Å². The van der Waals surface area contributed by atoms with Gasteiger partial charge < -0.3 is 4.74 Å². The van der Waals surface area contributed by atoms with Crippen LogP contribution in [0.3, 0.4) is 0 Å². The Morgan fingerprint density at radius 3 is 2.12 bits per heavy atom. The van der Waals surface area contributed by atoms with E-state index in [1.54, 1.807) is 12.1 Å². The third-order valence-corrected chi connectivity index (χ3v) is 6.52. The Morgan fingerprint density at radius 2 is 1.44 bits per heavy atom. The van der Waals surface area contributed by atoms with Crippen molar-refractivity contribution in [3.63, 3.8) is 0 Å². The predicted octanol–water partition coefficient (Wildman–Crippen LogP) is 5.83. The number of sulfonamides is 1. The van der Waals surface area contributed by atoms with Crippen molar-refractivity contribution < 1.29 is 27.5 Å². The van der Waals surface area contributed by atoms with Crippen molar-refractivity contribution in [1.82, 2.24) is 0 Å². The van der Waals surface area contributed by atoms with E-state index < -0.39 is 27.2 Å². The Hall–Kier alpha value is -2.22. The van der Waals surface area contributed by atoms with E-state index in [-0.39, 0.29) is 35.8 Å². The summed E-state index contributed by atoms with van der Waals surface area (Å²) in [6, 6.07) is 6.19. The standard InChI is InChI=1S/C26H41NO6S/c1-5-6-7-8-9-15-20-34(31,32)27-22-17-14-13-16-21(22)25(30)23(28)18-11-10-12-19-24(29)33-26(2,3)4/h13-14,16-17,27H,5-12,15,18-20H2,1-4H3. The van der Waals surface area contributed by atoms with Gasteiger partial charge in [0.1, 0.15) is 5.60 Å². The van der Waals surface area contributed by atoms with Crippen LogP contribution in [0.2, 0.25) is 0 Å². The number of anilines is 1. The molecule has 0 atom stereocenters. The lowest BCUT2D eigenvalue weighted by Gasteiger charge is -2.19. The lowest BCUT2D eigenvalue weighted by atomic mass is 10.0. The van der Waals surface area contributed by atoms with Gasteiger partial charge in [0.25, 0.3) is 0 Å². The van der Waals surface area contributed by atoms with Crippen LogP contribution in [-0.2, 0) is 24.3 Å². The van der Waals surface area contributed by atoms with Crippen LogP contribution in [0, 0.1) is 0 Å². The summed E-state index contributed by atoms with van der Waals surface area (Å²) >= 11 is 0. The third kappa shape index (κ3) is 12.9. The zero-order chi connectivity index (χ0) is 25.6. The van der Waals surface area contributed by atoms with E-state index in [1.165, 1.54) is 12.1 Å². The van der Waals surface area contributed by atoms with E-state index in [2.05, 4.69) is 11.6 Å². The van der Waals surface area contributed by atoms with Gasteiger partial charge in [-0.25, -0.2) is 8.42 Å². The number of ether oxygens (including phenoxy) is 1. The molecule has 0 aliphatic rings. The molecule has 1 N–H and O–H groups in total. The minimum atomic E-state index is -3.61. The average Bonchev–Trinajstić information content (AvgIpc) is 2.74. The van der Waals surface area contributed by atoms with Crippen LogP contribution >= 0.6 is 0 Å². The molecular weight excluding hydrogens is 454 g/mol. The fraction of sp³-hybridized carbons (Fsp3) is 0.654. The smallest absolute Gasteiger partial charge is 0.306 e. The number of para-hydroxylation sites is 1. The number of hydrogen-bond acceptors (Lipinski definition) is 6. The highest BCUT2D eigenvalue weighted by Crippen LogP contribution is 2.20. The normalized spacial score (nSPS) is 11.8. The van der Waals surface area contributed by atoms with Gasteiger partial charge in [-0.3, -0.25) is 19.1 Å². The molecule has 1 aromatic rings. The number of nitrogens with one attached hydrogen (secondary N) is 1. The van der Waals surface area contributed by atoms with Crippen molar-refractivity contribution in [3.05, 3.63) is 29.8 Å². The van der Waals surface area contributed by atoms with Gasteiger partial charge in [-0.15, -0.1) is 0 Å². The Balaban J connectivity index is 2.53. The van der Waals surface area contributed by atoms with Crippen LogP contribution in [0.15, 0.2) is 24.3 Å². The van der Waals surface area contributed by atoms with Gasteiger partial charge in [0.2, 0.25) is 21.6 Å². The molecule has 0 unspecified atom stereocenters. The molecule has 0 saturated heterocycles. The number of Topliss-reactive ketones (excluding diaryl/α,β-unsaturated/α-hetero) is 2. The highest BCUT2D eigenvalue weighted by atomic mass is 32.2. The van der Waals surface area contributed by atoms with Gasteiger partial charge in [-0.05, 0) is 52.2 Å². The number of unbranched alkanes of at least 4 members (excludes halogenated alkanes) is 7. The monoisotopic (exact) mass is 495 g/mol. The van der Waals surface area contributed by atoms with Crippen molar-refractivity contribution in [2.45, 2.75) is 104 Å². The second-order valence-electron chi connectivity index (χ2n) is 9.63. The summed E-state index contributed by atoms with van der Waals surface area (Å²) in [6.07, 6.45) is 7.76. The van der Waals surface area contributed by atoms with Crippen LogP contribution in [0.25, 0.3) is 0 Å². The third-order valence-electron chi connectivity index (χ3n) is 5.16. The number of benzene rings is 1. The van der Waals surface area contributed by atoms with E-state index >= 15 is 0 Å². The molecule has 0 aliphatic carbocycles. The van der Waals surface area contributed by atoms with Gasteiger partial charge in [-0.1, -0.05) is 57.6 Å². The Bertz CT molecular complexity index is 902. The molecule has 0 heterocycles. The lowest BCUT2D eigenvalue weighted by Crippen LogP contribution is -2.23. The molecule has 0 bridgehead atoms. The van der Waals surface area contributed by atoms with Crippen molar-refractivity contribution in [2.24, 2.45) is 0 Å². The molecule has 1 rings (SSSR count). The Morgan fingerprint density at radius 1 is 0.853 bits per heavy atom. The first kappa shape index (κ1) is 29.8. The zero-order valence-electron chi connectivity index (χ0n) is 21.2. The van der Waals surface area contributed by atoms with E-state index in [0.29, 0.717) is 25.7 Å². The molecule has 0 aliphatic heterocycles. The summed E-state index contributed by atoms with van der Waals surface area (Å²) in [4.78, 5) is 36.8. The fourth-order valence-corrected chi connectivity index (χ4v) is 4.65. The summed E-state index contributed by atoms with van der Waals surface area (Å²) in [5.41, 5.74) is -0.326. The second kappa shape index (κ2) is 14.9. The maximum absolute atomic E-state index is 12.7. The van der Waals surface area contributed by atoms with E-state index in [0.717, 1.165) is 32.1 Å². The first-order valence-corrected chi connectivity index (χ1v) is 14.0. The molecule has 8 heteroatoms. The maximum Gasteiger partial charge on any atom is 0.306 e. The first-order chi connectivity index (χ1) is 15.9. The number of rotatable bonds is 17. The number of ketones is 2. The topological polar surface area (TPSA) is 107 Å². The number of esters is 1. The quantitative estimate of drug-likeness (QED) is 0.126.